The third-order valence-electron chi connectivity index (χ3n) is 3.19. The highest BCUT2D eigenvalue weighted by atomic mass is 32.2. The number of hydrogen-bond acceptors (Lipinski definition) is 5. The number of thioether (sulfide) groups is 1. The maximum atomic E-state index is 12.1. The minimum Gasteiger partial charge on any atom is -0.333 e. The Morgan fingerprint density at radius 2 is 1.95 bits per heavy atom. The maximum Gasteiger partial charge on any atom is 0.321 e. The Bertz CT molecular complexity index is 574. The number of urea groups is 1. The largest absolute Gasteiger partial charge is 0.333 e. The van der Waals surface area contributed by atoms with Gasteiger partial charge in [0.15, 0.2) is 5.16 Å². The van der Waals surface area contributed by atoms with Crippen LogP contribution in [0.3, 0.4) is 0 Å². The second kappa shape index (κ2) is 6.28. The molecule has 1 saturated carbocycles. The van der Waals surface area contributed by atoms with Crippen molar-refractivity contribution in [2.24, 2.45) is 7.05 Å². The van der Waals surface area contributed by atoms with Crippen LogP contribution in [-0.4, -0.2) is 37.5 Å². The van der Waals surface area contributed by atoms with Crippen molar-refractivity contribution in [3.05, 3.63) is 5.82 Å². The van der Waals surface area contributed by atoms with E-state index in [-0.39, 0.29) is 11.4 Å². The fraction of sp³-hybridized carbons (Fsp3) is 0.714. The predicted molar refractivity (Wildman–Crippen MR) is 84.7 cm³/mol. The standard InChI is InChI=1S/C14H23N5O2S/c1-8(11(20)15-12(21)16-14(2,3)4)22-13-18-17-10(19(13)5)9-6-7-9/h8-9H,6-7H2,1-5H3,(H2,15,16,20,21)/t8-/m0/s1. The quantitative estimate of drug-likeness (QED) is 0.824. The zero-order valence-electron chi connectivity index (χ0n) is 13.6. The van der Waals surface area contributed by atoms with Crippen LogP contribution < -0.4 is 10.6 Å². The van der Waals surface area contributed by atoms with E-state index in [0.29, 0.717) is 11.1 Å². The van der Waals surface area contributed by atoms with Crippen molar-refractivity contribution in [2.75, 3.05) is 0 Å². The van der Waals surface area contributed by atoms with Crippen molar-refractivity contribution in [1.82, 2.24) is 25.4 Å². The first-order chi connectivity index (χ1) is 10.2. The van der Waals surface area contributed by atoms with Crippen LogP contribution in [0.4, 0.5) is 4.79 Å². The first-order valence-corrected chi connectivity index (χ1v) is 8.24. The van der Waals surface area contributed by atoms with E-state index < -0.39 is 11.3 Å². The van der Waals surface area contributed by atoms with Crippen LogP contribution in [0, 0.1) is 0 Å². The molecule has 22 heavy (non-hydrogen) atoms. The number of carbonyl (C=O) groups is 2. The second-order valence-electron chi connectivity index (χ2n) is 6.63. The zero-order valence-corrected chi connectivity index (χ0v) is 14.5. The van der Waals surface area contributed by atoms with Gasteiger partial charge in [0, 0.05) is 18.5 Å². The molecule has 0 bridgehead atoms. The number of amides is 3. The lowest BCUT2D eigenvalue weighted by atomic mass is 10.1. The van der Waals surface area contributed by atoms with Gasteiger partial charge in [0.05, 0.1) is 5.25 Å². The first kappa shape index (κ1) is 16.8. The van der Waals surface area contributed by atoms with Gasteiger partial charge in [-0.2, -0.15) is 0 Å². The van der Waals surface area contributed by atoms with Gasteiger partial charge in [-0.1, -0.05) is 11.8 Å². The van der Waals surface area contributed by atoms with E-state index >= 15 is 0 Å². The lowest BCUT2D eigenvalue weighted by Gasteiger charge is -2.21. The van der Waals surface area contributed by atoms with Gasteiger partial charge in [-0.15, -0.1) is 10.2 Å². The highest BCUT2D eigenvalue weighted by molar-refractivity contribution is 8.00. The Morgan fingerprint density at radius 1 is 1.32 bits per heavy atom. The van der Waals surface area contributed by atoms with Gasteiger partial charge in [0.1, 0.15) is 5.82 Å². The van der Waals surface area contributed by atoms with Crippen LogP contribution in [0.2, 0.25) is 0 Å². The smallest absolute Gasteiger partial charge is 0.321 e. The van der Waals surface area contributed by atoms with E-state index in [9.17, 15) is 9.59 Å². The average Bonchev–Trinajstić information content (AvgIpc) is 3.14. The monoisotopic (exact) mass is 325 g/mol. The van der Waals surface area contributed by atoms with Gasteiger partial charge >= 0.3 is 6.03 Å². The van der Waals surface area contributed by atoms with Crippen LogP contribution in [0.1, 0.15) is 52.3 Å². The Balaban J connectivity index is 1.90. The summed E-state index contributed by atoms with van der Waals surface area (Å²) in [6.45, 7) is 7.31. The molecule has 0 aliphatic heterocycles. The minimum atomic E-state index is -0.485. The van der Waals surface area contributed by atoms with Crippen molar-refractivity contribution in [3.8, 4) is 0 Å². The highest BCUT2D eigenvalue weighted by Gasteiger charge is 2.30. The summed E-state index contributed by atoms with van der Waals surface area (Å²) in [5.41, 5.74) is -0.385. The Hall–Kier alpha value is -1.57. The normalized spacial score (nSPS) is 16.2. The van der Waals surface area contributed by atoms with Crippen molar-refractivity contribution in [2.45, 2.75) is 62.4 Å². The highest BCUT2D eigenvalue weighted by Crippen LogP contribution is 2.39. The van der Waals surface area contributed by atoms with Crippen molar-refractivity contribution in [3.63, 3.8) is 0 Å². The molecule has 1 aliphatic carbocycles. The summed E-state index contributed by atoms with van der Waals surface area (Å²) in [6, 6.07) is -0.485. The molecule has 1 heterocycles. The van der Waals surface area contributed by atoms with Gasteiger partial charge in [-0.3, -0.25) is 10.1 Å². The molecule has 0 saturated heterocycles. The summed E-state index contributed by atoms with van der Waals surface area (Å²) in [5, 5.41) is 13.6. The molecule has 1 aliphatic rings. The third-order valence-corrected chi connectivity index (χ3v) is 4.32. The molecule has 3 amide bonds. The fourth-order valence-electron chi connectivity index (χ4n) is 1.92. The van der Waals surface area contributed by atoms with Crippen LogP contribution in [0.25, 0.3) is 0 Å². The molecule has 8 heteroatoms. The van der Waals surface area contributed by atoms with Crippen molar-refractivity contribution < 1.29 is 9.59 Å². The Kier molecular flexibility index (Phi) is 4.79. The topological polar surface area (TPSA) is 88.9 Å². The fourth-order valence-corrected chi connectivity index (χ4v) is 2.74. The summed E-state index contributed by atoms with van der Waals surface area (Å²) in [4.78, 5) is 23.8. The number of carbonyl (C=O) groups excluding carboxylic acids is 2. The summed E-state index contributed by atoms with van der Waals surface area (Å²) < 4.78 is 1.93. The molecule has 2 N–H and O–H groups in total. The molecular weight excluding hydrogens is 302 g/mol. The average molecular weight is 325 g/mol. The first-order valence-electron chi connectivity index (χ1n) is 7.36. The molecule has 1 fully saturated rings. The third kappa shape index (κ3) is 4.46. The van der Waals surface area contributed by atoms with Gasteiger partial charge in [-0.05, 0) is 40.5 Å². The lowest BCUT2D eigenvalue weighted by molar-refractivity contribution is -0.119. The number of aromatic nitrogens is 3. The molecule has 1 aromatic rings. The molecule has 7 nitrogen and oxygen atoms in total. The molecule has 122 valence electrons. The van der Waals surface area contributed by atoms with E-state index in [2.05, 4.69) is 20.8 Å². The Morgan fingerprint density at radius 3 is 2.50 bits per heavy atom. The maximum absolute atomic E-state index is 12.1. The van der Waals surface area contributed by atoms with Crippen LogP contribution >= 0.6 is 11.8 Å². The zero-order chi connectivity index (χ0) is 16.5. The predicted octanol–water partition coefficient (Wildman–Crippen LogP) is 1.80. The van der Waals surface area contributed by atoms with Gasteiger partial charge in [-0.25, -0.2) is 4.79 Å². The number of rotatable bonds is 4. The second-order valence-corrected chi connectivity index (χ2v) is 7.94. The summed E-state index contributed by atoms with van der Waals surface area (Å²) in [7, 11) is 1.91. The van der Waals surface area contributed by atoms with Crippen molar-refractivity contribution >= 4 is 23.7 Å². The van der Waals surface area contributed by atoms with E-state index in [1.807, 2.05) is 32.4 Å². The minimum absolute atomic E-state index is 0.345. The number of nitrogens with one attached hydrogen (secondary N) is 2. The Labute approximate surface area is 134 Å². The van der Waals surface area contributed by atoms with E-state index in [1.54, 1.807) is 6.92 Å². The molecule has 1 atom stereocenters. The SMILES string of the molecule is C[C@H](Sc1nnc(C2CC2)n1C)C(=O)NC(=O)NC(C)(C)C. The molecule has 0 aromatic carbocycles. The van der Waals surface area contributed by atoms with Crippen LogP contribution in [0.15, 0.2) is 5.16 Å². The van der Waals surface area contributed by atoms with E-state index in [1.165, 1.54) is 11.8 Å². The number of nitrogens with zero attached hydrogens (tertiary/aromatic N) is 3. The molecule has 2 rings (SSSR count). The van der Waals surface area contributed by atoms with Crippen molar-refractivity contribution in [1.29, 1.82) is 0 Å². The molecule has 1 aromatic heterocycles. The molecule has 0 spiro atoms. The molecule has 0 radical (unpaired) electrons. The van der Waals surface area contributed by atoms with Crippen LogP contribution in [-0.2, 0) is 11.8 Å². The van der Waals surface area contributed by atoms with E-state index in [0.717, 1.165) is 18.7 Å². The van der Waals surface area contributed by atoms with Gasteiger partial charge in [0.25, 0.3) is 0 Å². The number of imide groups is 1. The molecular formula is C14H23N5O2S. The van der Waals surface area contributed by atoms with E-state index in [4.69, 9.17) is 0 Å². The summed E-state index contributed by atoms with van der Waals surface area (Å²) >= 11 is 1.30. The number of hydrogen-bond donors (Lipinski definition) is 2. The van der Waals surface area contributed by atoms with Gasteiger partial charge in [0.2, 0.25) is 5.91 Å². The van der Waals surface area contributed by atoms with Gasteiger partial charge < -0.3 is 9.88 Å². The summed E-state index contributed by atoms with van der Waals surface area (Å²) in [6.07, 6.45) is 2.30. The lowest BCUT2D eigenvalue weighted by Crippen LogP contribution is -2.49. The summed E-state index contributed by atoms with van der Waals surface area (Å²) in [5.74, 6) is 1.14. The molecule has 0 unspecified atom stereocenters. The van der Waals surface area contributed by atoms with Crippen LogP contribution in [0.5, 0.6) is 0 Å².